The second kappa shape index (κ2) is 8.37. The Morgan fingerprint density at radius 3 is 2.10 bits per heavy atom. The third-order valence-electron chi connectivity index (χ3n) is 5.12. The summed E-state index contributed by atoms with van der Waals surface area (Å²) in [6.07, 6.45) is 3.46. The third-order valence-corrected chi connectivity index (χ3v) is 5.12. The fraction of sp³-hybridized carbons (Fsp3) is 0.0769. The van der Waals surface area contributed by atoms with Crippen molar-refractivity contribution in [3.05, 3.63) is 114 Å². The molecule has 0 bridgehead atoms. The summed E-state index contributed by atoms with van der Waals surface area (Å²) in [6.45, 7) is 2.05. The molecule has 1 heterocycles. The lowest BCUT2D eigenvalue weighted by atomic mass is 9.94. The summed E-state index contributed by atoms with van der Waals surface area (Å²) in [4.78, 5) is 16.4. The molecule has 4 rings (SSSR count). The first kappa shape index (κ1) is 19.6. The van der Waals surface area contributed by atoms with Gasteiger partial charge in [0.1, 0.15) is 11.6 Å². The number of hydrogen-bond acceptors (Lipinski definition) is 2. The number of carbonyl (C=O) groups is 1. The number of pyridine rings is 1. The van der Waals surface area contributed by atoms with Gasteiger partial charge in [-0.25, -0.2) is 8.78 Å². The number of rotatable bonds is 5. The zero-order valence-electron chi connectivity index (χ0n) is 16.4. The number of aromatic nitrogens is 1. The molecular weight excluding hydrogens is 380 g/mol. The highest BCUT2D eigenvalue weighted by molar-refractivity contribution is 5.98. The Labute approximate surface area is 173 Å². The van der Waals surface area contributed by atoms with Gasteiger partial charge in [0.25, 0.3) is 0 Å². The maximum Gasteiger partial charge on any atom is 0.173 e. The van der Waals surface area contributed by atoms with Crippen LogP contribution in [-0.2, 0) is 6.42 Å². The largest absolute Gasteiger partial charge is 0.294 e. The first-order valence-corrected chi connectivity index (χ1v) is 9.60. The lowest BCUT2D eigenvalue weighted by molar-refractivity contribution is 0.0985. The molecule has 148 valence electrons. The molecule has 0 spiro atoms. The van der Waals surface area contributed by atoms with Gasteiger partial charge >= 0.3 is 0 Å². The number of benzene rings is 3. The monoisotopic (exact) mass is 399 g/mol. The van der Waals surface area contributed by atoms with E-state index in [0.717, 1.165) is 39.9 Å². The zero-order valence-corrected chi connectivity index (χ0v) is 16.4. The molecule has 0 aliphatic heterocycles. The van der Waals surface area contributed by atoms with Gasteiger partial charge in [-0.15, -0.1) is 0 Å². The van der Waals surface area contributed by atoms with Gasteiger partial charge in [0, 0.05) is 18.8 Å². The van der Waals surface area contributed by atoms with Crippen LogP contribution in [0.1, 0.15) is 21.5 Å². The van der Waals surface area contributed by atoms with Crippen LogP contribution in [0.25, 0.3) is 22.3 Å². The van der Waals surface area contributed by atoms with E-state index in [2.05, 4.69) is 23.2 Å². The van der Waals surface area contributed by atoms with Gasteiger partial charge in [0.2, 0.25) is 0 Å². The number of nitrogens with zero attached hydrogens (tertiary/aromatic N) is 1. The summed E-state index contributed by atoms with van der Waals surface area (Å²) in [5.41, 5.74) is 5.62. The molecule has 1 aromatic heterocycles. The fourth-order valence-electron chi connectivity index (χ4n) is 3.50. The summed E-state index contributed by atoms with van der Waals surface area (Å²) in [7, 11) is 0. The number of ketones is 1. The topological polar surface area (TPSA) is 30.0 Å². The zero-order chi connectivity index (χ0) is 21.1. The molecule has 30 heavy (non-hydrogen) atoms. The molecule has 0 N–H and O–H groups in total. The van der Waals surface area contributed by atoms with Crippen molar-refractivity contribution in [2.24, 2.45) is 0 Å². The Morgan fingerprint density at radius 2 is 1.43 bits per heavy atom. The Balaban J connectivity index is 1.59. The molecule has 3 aromatic carbocycles. The lowest BCUT2D eigenvalue weighted by Crippen LogP contribution is -2.09. The molecule has 0 aliphatic carbocycles. The minimum atomic E-state index is -0.833. The van der Waals surface area contributed by atoms with Gasteiger partial charge in [-0.3, -0.25) is 9.78 Å². The van der Waals surface area contributed by atoms with Gasteiger partial charge in [-0.05, 0) is 70.6 Å². The average Bonchev–Trinajstić information content (AvgIpc) is 2.75. The molecule has 2 nitrogen and oxygen atoms in total. The summed E-state index contributed by atoms with van der Waals surface area (Å²) in [6, 6.07) is 21.1. The number of halogens is 2. The van der Waals surface area contributed by atoms with Crippen molar-refractivity contribution in [3.63, 3.8) is 0 Å². The number of aryl methyl sites for hydroxylation is 1. The molecule has 0 amide bonds. The van der Waals surface area contributed by atoms with Gasteiger partial charge in [-0.2, -0.15) is 0 Å². The minimum absolute atomic E-state index is 0.0613. The Morgan fingerprint density at radius 1 is 0.800 bits per heavy atom. The summed E-state index contributed by atoms with van der Waals surface area (Å²) in [5, 5.41) is 0. The SMILES string of the molecule is Cc1ccc(-c2ccncc2)cc1-c1ccc(CC(=O)c2c(F)cccc2F)cc1. The smallest absolute Gasteiger partial charge is 0.173 e. The number of Topliss-reactive ketones (excluding diaryl/α,β-unsaturated/α-hetero) is 1. The van der Waals surface area contributed by atoms with Crippen molar-refractivity contribution in [3.8, 4) is 22.3 Å². The highest BCUT2D eigenvalue weighted by Crippen LogP contribution is 2.29. The predicted molar refractivity (Wildman–Crippen MR) is 114 cm³/mol. The minimum Gasteiger partial charge on any atom is -0.294 e. The molecule has 0 saturated carbocycles. The van der Waals surface area contributed by atoms with Crippen molar-refractivity contribution < 1.29 is 13.6 Å². The van der Waals surface area contributed by atoms with E-state index in [-0.39, 0.29) is 6.42 Å². The van der Waals surface area contributed by atoms with Crippen molar-refractivity contribution in [1.29, 1.82) is 0 Å². The van der Waals surface area contributed by atoms with E-state index in [1.165, 1.54) is 6.07 Å². The van der Waals surface area contributed by atoms with E-state index < -0.39 is 23.0 Å². The molecule has 0 atom stereocenters. The van der Waals surface area contributed by atoms with Gasteiger partial charge in [0.15, 0.2) is 5.78 Å². The second-order valence-corrected chi connectivity index (χ2v) is 7.16. The van der Waals surface area contributed by atoms with Crippen molar-refractivity contribution in [1.82, 2.24) is 4.98 Å². The number of carbonyl (C=O) groups excluding carboxylic acids is 1. The molecule has 0 unspecified atom stereocenters. The summed E-state index contributed by atoms with van der Waals surface area (Å²) < 4.78 is 27.7. The quantitative estimate of drug-likeness (QED) is 0.362. The maximum absolute atomic E-state index is 13.8. The molecule has 0 aliphatic rings. The third kappa shape index (κ3) is 4.03. The first-order valence-electron chi connectivity index (χ1n) is 9.60. The van der Waals surface area contributed by atoms with Gasteiger partial charge in [0.05, 0.1) is 5.56 Å². The summed E-state index contributed by atoms with van der Waals surface area (Å²) >= 11 is 0. The van der Waals surface area contributed by atoms with E-state index in [4.69, 9.17) is 0 Å². The molecule has 0 fully saturated rings. The van der Waals surface area contributed by atoms with Crippen LogP contribution in [0.15, 0.2) is 85.2 Å². The van der Waals surface area contributed by atoms with Crippen LogP contribution < -0.4 is 0 Å². The second-order valence-electron chi connectivity index (χ2n) is 7.16. The Bertz CT molecular complexity index is 1180. The van der Waals surface area contributed by atoms with E-state index in [9.17, 15) is 13.6 Å². The van der Waals surface area contributed by atoms with Crippen molar-refractivity contribution in [2.45, 2.75) is 13.3 Å². The normalized spacial score (nSPS) is 10.8. The number of hydrogen-bond donors (Lipinski definition) is 0. The molecule has 4 heteroatoms. The standard InChI is InChI=1S/C26H19F2NO/c1-17-5-8-21(19-11-13-29-14-12-19)16-22(17)20-9-6-18(7-10-20)15-25(30)26-23(27)3-2-4-24(26)28/h2-14,16H,15H2,1H3. The van der Waals surface area contributed by atoms with Crippen LogP contribution in [0.2, 0.25) is 0 Å². The Hall–Kier alpha value is -3.66. The van der Waals surface area contributed by atoms with Crippen LogP contribution in [0, 0.1) is 18.6 Å². The van der Waals surface area contributed by atoms with Crippen LogP contribution >= 0.6 is 0 Å². The van der Waals surface area contributed by atoms with E-state index in [1.807, 2.05) is 43.3 Å². The van der Waals surface area contributed by atoms with Crippen molar-refractivity contribution in [2.75, 3.05) is 0 Å². The van der Waals surface area contributed by atoms with Crippen LogP contribution in [0.4, 0.5) is 8.78 Å². The Kier molecular flexibility index (Phi) is 5.48. The average molecular weight is 399 g/mol. The van der Waals surface area contributed by atoms with Gasteiger partial charge in [-0.1, -0.05) is 42.5 Å². The molecule has 0 saturated heterocycles. The fourth-order valence-corrected chi connectivity index (χ4v) is 3.50. The van der Waals surface area contributed by atoms with E-state index >= 15 is 0 Å². The lowest BCUT2D eigenvalue weighted by Gasteiger charge is -2.11. The summed E-state index contributed by atoms with van der Waals surface area (Å²) in [5.74, 6) is -2.24. The molecular formula is C26H19F2NO. The predicted octanol–water partition coefficient (Wildman–Crippen LogP) is 6.43. The van der Waals surface area contributed by atoms with E-state index in [1.54, 1.807) is 12.4 Å². The maximum atomic E-state index is 13.8. The highest BCUT2D eigenvalue weighted by Gasteiger charge is 2.17. The first-order chi connectivity index (χ1) is 14.5. The van der Waals surface area contributed by atoms with Crippen LogP contribution in [-0.4, -0.2) is 10.8 Å². The van der Waals surface area contributed by atoms with Crippen molar-refractivity contribution >= 4 is 5.78 Å². The van der Waals surface area contributed by atoms with E-state index in [0.29, 0.717) is 5.56 Å². The van der Waals surface area contributed by atoms with Crippen LogP contribution in [0.3, 0.4) is 0 Å². The van der Waals surface area contributed by atoms with Gasteiger partial charge < -0.3 is 0 Å². The highest BCUT2D eigenvalue weighted by atomic mass is 19.1. The molecule has 4 aromatic rings. The van der Waals surface area contributed by atoms with Crippen LogP contribution in [0.5, 0.6) is 0 Å². The molecule has 0 radical (unpaired) electrons.